The summed E-state index contributed by atoms with van der Waals surface area (Å²) in [6.45, 7) is 12.4. The molecule has 0 spiro atoms. The highest BCUT2D eigenvalue weighted by Gasteiger charge is 2.25. The molecule has 2 heterocycles. The summed E-state index contributed by atoms with van der Waals surface area (Å²) < 4.78 is 20.5. The molecule has 2 aromatic carbocycles. The van der Waals surface area contributed by atoms with Crippen molar-refractivity contribution in [3.05, 3.63) is 59.4 Å². The summed E-state index contributed by atoms with van der Waals surface area (Å²) in [5.41, 5.74) is 1.81. The number of nitrogens with zero attached hydrogens (tertiary/aromatic N) is 4. The lowest BCUT2D eigenvalue weighted by molar-refractivity contribution is -0.116. The molecular formula is C31H43FN4O3. The molecule has 8 heteroatoms. The lowest BCUT2D eigenvalue weighted by Gasteiger charge is -2.30. The molecule has 0 N–H and O–H groups in total. The summed E-state index contributed by atoms with van der Waals surface area (Å²) in [6, 6.07) is 12.2. The molecule has 2 aliphatic heterocycles. The number of ether oxygens (including phenoxy) is 1. The third kappa shape index (κ3) is 7.79. The SMILES string of the molecule is CC(=O)N1CCCN(C(C)C)CCN(C(=O)c2ccccc2OCCCN2CCCC2)Cc2ccc(F)cc21. The van der Waals surface area contributed by atoms with E-state index in [9.17, 15) is 14.0 Å². The van der Waals surface area contributed by atoms with Crippen LogP contribution in [0.2, 0.25) is 0 Å². The van der Waals surface area contributed by atoms with Gasteiger partial charge in [-0.1, -0.05) is 18.2 Å². The van der Waals surface area contributed by atoms with E-state index < -0.39 is 5.82 Å². The summed E-state index contributed by atoms with van der Waals surface area (Å²) in [7, 11) is 0. The van der Waals surface area contributed by atoms with E-state index >= 15 is 0 Å². The van der Waals surface area contributed by atoms with Crippen molar-refractivity contribution in [2.45, 2.75) is 59.0 Å². The Hall–Kier alpha value is -2.97. The lowest BCUT2D eigenvalue weighted by atomic mass is 10.1. The number of amides is 2. The van der Waals surface area contributed by atoms with Crippen LogP contribution in [0.1, 0.15) is 62.4 Å². The number of benzene rings is 2. The Kier molecular flexibility index (Phi) is 10.3. The third-order valence-corrected chi connectivity index (χ3v) is 7.77. The Morgan fingerprint density at radius 3 is 2.46 bits per heavy atom. The topological polar surface area (TPSA) is 56.3 Å². The number of fused-ring (bicyclic) bond motifs is 1. The third-order valence-electron chi connectivity index (χ3n) is 7.77. The van der Waals surface area contributed by atoms with Gasteiger partial charge < -0.3 is 19.4 Å². The van der Waals surface area contributed by atoms with Gasteiger partial charge in [-0.2, -0.15) is 0 Å². The van der Waals surface area contributed by atoms with Crippen molar-refractivity contribution in [3.8, 4) is 5.75 Å². The van der Waals surface area contributed by atoms with Crippen LogP contribution < -0.4 is 9.64 Å². The van der Waals surface area contributed by atoms with Crippen LogP contribution in [-0.2, 0) is 11.3 Å². The summed E-state index contributed by atoms with van der Waals surface area (Å²) in [4.78, 5) is 34.9. The fourth-order valence-electron chi connectivity index (χ4n) is 5.55. The van der Waals surface area contributed by atoms with Crippen LogP contribution in [0.25, 0.3) is 0 Å². The Balaban J connectivity index is 1.58. The van der Waals surface area contributed by atoms with Gasteiger partial charge in [-0.05, 0) is 82.4 Å². The fourth-order valence-corrected chi connectivity index (χ4v) is 5.55. The van der Waals surface area contributed by atoms with Gasteiger partial charge in [-0.15, -0.1) is 0 Å². The Labute approximate surface area is 232 Å². The second kappa shape index (κ2) is 13.9. The second-order valence-electron chi connectivity index (χ2n) is 10.9. The van der Waals surface area contributed by atoms with Gasteiger partial charge in [0.25, 0.3) is 5.91 Å². The molecule has 1 saturated heterocycles. The number of para-hydroxylation sites is 1. The van der Waals surface area contributed by atoms with Gasteiger partial charge in [0.05, 0.1) is 17.9 Å². The van der Waals surface area contributed by atoms with Crippen LogP contribution in [-0.4, -0.2) is 85.0 Å². The van der Waals surface area contributed by atoms with E-state index in [0.717, 1.165) is 44.6 Å². The van der Waals surface area contributed by atoms with Gasteiger partial charge in [0.2, 0.25) is 5.91 Å². The maximum Gasteiger partial charge on any atom is 0.257 e. The first kappa shape index (κ1) is 29.0. The average Bonchev–Trinajstić information content (AvgIpc) is 3.42. The molecule has 0 aliphatic carbocycles. The Morgan fingerprint density at radius 1 is 0.949 bits per heavy atom. The standard InChI is InChI=1S/C31H43FN4O3/c1-24(2)34-17-8-18-36(25(3)37)29-22-27(32)13-12-26(29)23-35(20-19-34)31(38)28-10-4-5-11-30(28)39-21-9-16-33-14-6-7-15-33/h4-5,10-13,22,24H,6-9,14-21,23H2,1-3H3. The number of hydrogen-bond acceptors (Lipinski definition) is 5. The molecule has 0 atom stereocenters. The van der Waals surface area contributed by atoms with Crippen molar-refractivity contribution in [1.29, 1.82) is 0 Å². The van der Waals surface area contributed by atoms with Crippen molar-refractivity contribution in [2.24, 2.45) is 0 Å². The average molecular weight is 539 g/mol. The van der Waals surface area contributed by atoms with Gasteiger partial charge in [0.15, 0.2) is 0 Å². The summed E-state index contributed by atoms with van der Waals surface area (Å²) in [6.07, 6.45) is 4.20. The van der Waals surface area contributed by atoms with Crippen LogP contribution in [0, 0.1) is 5.82 Å². The first-order chi connectivity index (χ1) is 18.8. The number of halogens is 1. The smallest absolute Gasteiger partial charge is 0.257 e. The fraction of sp³-hybridized carbons (Fsp3) is 0.548. The molecule has 4 rings (SSSR count). The molecule has 2 aliphatic rings. The Morgan fingerprint density at radius 2 is 1.72 bits per heavy atom. The molecule has 0 radical (unpaired) electrons. The van der Waals surface area contributed by atoms with Crippen LogP contribution in [0.4, 0.5) is 10.1 Å². The maximum atomic E-state index is 14.4. The molecule has 0 unspecified atom stereocenters. The van der Waals surface area contributed by atoms with Crippen LogP contribution >= 0.6 is 0 Å². The highest BCUT2D eigenvalue weighted by Crippen LogP contribution is 2.27. The normalized spacial score (nSPS) is 17.7. The number of anilines is 1. The minimum absolute atomic E-state index is 0.127. The first-order valence-electron chi connectivity index (χ1n) is 14.4. The van der Waals surface area contributed by atoms with E-state index in [1.165, 1.54) is 31.9 Å². The molecule has 7 nitrogen and oxygen atoms in total. The number of carbonyl (C=O) groups excluding carboxylic acids is 2. The van der Waals surface area contributed by atoms with Crippen molar-refractivity contribution in [3.63, 3.8) is 0 Å². The van der Waals surface area contributed by atoms with Gasteiger partial charge >= 0.3 is 0 Å². The maximum absolute atomic E-state index is 14.4. The van der Waals surface area contributed by atoms with E-state index in [1.54, 1.807) is 11.0 Å². The van der Waals surface area contributed by atoms with Crippen LogP contribution in [0.5, 0.6) is 5.75 Å². The van der Waals surface area contributed by atoms with Crippen LogP contribution in [0.3, 0.4) is 0 Å². The van der Waals surface area contributed by atoms with E-state index in [4.69, 9.17) is 4.74 Å². The number of likely N-dealkylation sites (tertiary alicyclic amines) is 1. The predicted molar refractivity (Wildman–Crippen MR) is 153 cm³/mol. The first-order valence-corrected chi connectivity index (χ1v) is 14.4. The molecule has 2 aromatic rings. The van der Waals surface area contributed by atoms with Crippen molar-refractivity contribution < 1.29 is 18.7 Å². The predicted octanol–water partition coefficient (Wildman–Crippen LogP) is 4.80. The molecule has 0 bridgehead atoms. The highest BCUT2D eigenvalue weighted by atomic mass is 19.1. The minimum Gasteiger partial charge on any atom is -0.493 e. The molecule has 0 aromatic heterocycles. The zero-order valence-corrected chi connectivity index (χ0v) is 23.7. The minimum atomic E-state index is -0.399. The van der Waals surface area contributed by atoms with E-state index in [1.807, 2.05) is 29.2 Å². The zero-order valence-electron chi connectivity index (χ0n) is 23.7. The molecule has 1 fully saturated rings. The largest absolute Gasteiger partial charge is 0.493 e. The van der Waals surface area contributed by atoms with Crippen molar-refractivity contribution in [1.82, 2.24) is 14.7 Å². The molecular weight excluding hydrogens is 495 g/mol. The summed E-state index contributed by atoms with van der Waals surface area (Å²) in [5.74, 6) is -0.0756. The monoisotopic (exact) mass is 538 g/mol. The van der Waals surface area contributed by atoms with Gasteiger partial charge in [-0.3, -0.25) is 14.5 Å². The molecule has 2 amide bonds. The van der Waals surface area contributed by atoms with Crippen LogP contribution in [0.15, 0.2) is 42.5 Å². The molecule has 39 heavy (non-hydrogen) atoms. The lowest BCUT2D eigenvalue weighted by Crippen LogP contribution is -2.41. The second-order valence-corrected chi connectivity index (χ2v) is 10.9. The Bertz CT molecular complexity index is 1120. The molecule has 0 saturated carbocycles. The van der Waals surface area contributed by atoms with Gasteiger partial charge in [0.1, 0.15) is 11.6 Å². The number of rotatable bonds is 7. The van der Waals surface area contributed by atoms with Crippen molar-refractivity contribution >= 4 is 17.5 Å². The van der Waals surface area contributed by atoms with E-state index in [2.05, 4.69) is 23.6 Å². The van der Waals surface area contributed by atoms with E-state index in [-0.39, 0.29) is 18.4 Å². The molecule has 212 valence electrons. The summed E-state index contributed by atoms with van der Waals surface area (Å²) in [5, 5.41) is 0. The quantitative estimate of drug-likeness (QED) is 0.474. The zero-order chi connectivity index (χ0) is 27.8. The number of carbonyl (C=O) groups is 2. The number of hydrogen-bond donors (Lipinski definition) is 0. The van der Waals surface area contributed by atoms with Gasteiger partial charge in [0, 0.05) is 52.2 Å². The van der Waals surface area contributed by atoms with Crippen molar-refractivity contribution in [2.75, 3.05) is 57.3 Å². The highest BCUT2D eigenvalue weighted by molar-refractivity contribution is 5.97. The van der Waals surface area contributed by atoms with Gasteiger partial charge in [-0.25, -0.2) is 4.39 Å². The van der Waals surface area contributed by atoms with E-state index in [0.29, 0.717) is 49.3 Å². The summed E-state index contributed by atoms with van der Waals surface area (Å²) >= 11 is 0.